The minimum Gasteiger partial charge on any atom is -0.501 e. The number of rotatable bonds is 7. The van der Waals surface area contributed by atoms with Gasteiger partial charge in [0.1, 0.15) is 5.16 Å². The van der Waals surface area contributed by atoms with Gasteiger partial charge < -0.3 is 21.3 Å². The van der Waals surface area contributed by atoms with Gasteiger partial charge in [0.15, 0.2) is 5.82 Å². The Morgan fingerprint density at radius 3 is 2.45 bits per heavy atom. The molecule has 0 saturated heterocycles. The van der Waals surface area contributed by atoms with Gasteiger partial charge in [0, 0.05) is 43.9 Å². The number of aryl methyl sites for hydroxylation is 1. The van der Waals surface area contributed by atoms with Crippen LogP contribution in [0.5, 0.6) is 0 Å². The fraction of sp³-hybridized carbons (Fsp3) is 0.150. The number of carbonyl (C=O) groups excluding carboxylic acids is 2. The van der Waals surface area contributed by atoms with Crippen LogP contribution >= 0.6 is 46.4 Å². The van der Waals surface area contributed by atoms with Gasteiger partial charge in [-0.05, 0) is 56.9 Å². The van der Waals surface area contributed by atoms with Crippen molar-refractivity contribution in [2.24, 2.45) is 0 Å². The number of aromatic nitrogens is 1. The molecule has 2 N–H and O–H groups in total. The molecule has 1 heterocycles. The topological polar surface area (TPSA) is 91.7 Å². The fourth-order valence-electron chi connectivity index (χ4n) is 2.47. The van der Waals surface area contributed by atoms with Crippen LogP contribution in [0.1, 0.15) is 15.9 Å². The van der Waals surface area contributed by atoms with E-state index < -0.39 is 11.9 Å². The number of nitrogens with zero attached hydrogens (tertiary/aromatic N) is 4. The zero-order valence-electron chi connectivity index (χ0n) is 17.9. The molecule has 3 amide bonds. The Hall–Kier alpha value is -1.23. The standard InChI is InChI=1S/C20H19Cl4N6O2.Y/c1-5-14(22)17(24)30(18-15(23)7-6-8-25-18)20(32)26-16-11(2)9-12(21)10-13(16)19(31)27-28-29(3)4;/h5-10H,1H2,2-4H3,(H2,26,27,31,32);/q-1;/b17-14+;. The van der Waals surface area contributed by atoms with Gasteiger partial charge in [-0.1, -0.05) is 53.0 Å². The van der Waals surface area contributed by atoms with E-state index in [0.29, 0.717) is 10.6 Å². The van der Waals surface area contributed by atoms with Crippen molar-refractivity contribution in [3.8, 4) is 0 Å². The summed E-state index contributed by atoms with van der Waals surface area (Å²) in [5.41, 5.74) is 6.97. The van der Waals surface area contributed by atoms with Gasteiger partial charge in [-0.15, -0.1) is 0 Å². The van der Waals surface area contributed by atoms with E-state index in [2.05, 4.69) is 27.8 Å². The summed E-state index contributed by atoms with van der Waals surface area (Å²) >= 11 is 24.8. The Labute approximate surface area is 237 Å². The maximum Gasteiger partial charge on any atom is 0.332 e. The maximum absolute atomic E-state index is 13.3. The van der Waals surface area contributed by atoms with E-state index >= 15 is 0 Å². The minimum absolute atomic E-state index is 0. The first-order valence-electron chi connectivity index (χ1n) is 8.94. The molecular formula is C20H19Cl4N6O2Y-. The number of anilines is 2. The molecule has 0 saturated carbocycles. The SMILES string of the molecule is C=C/C(Cl)=C(/Cl)N(C(=O)Nc1c(C)cc(Cl)cc1C(=O)N[N-]N(C)C)c1ncccc1Cl.[Y]. The largest absolute Gasteiger partial charge is 0.501 e. The maximum atomic E-state index is 13.3. The number of halogens is 4. The van der Waals surface area contributed by atoms with Crippen molar-refractivity contribution in [2.75, 3.05) is 24.3 Å². The third-order valence-corrected chi connectivity index (χ3v) is 5.17. The molecule has 33 heavy (non-hydrogen) atoms. The first-order chi connectivity index (χ1) is 15.1. The molecule has 0 bridgehead atoms. The molecule has 0 unspecified atom stereocenters. The van der Waals surface area contributed by atoms with E-state index in [4.69, 9.17) is 46.4 Å². The quantitative estimate of drug-likeness (QED) is 0.228. The molecule has 0 spiro atoms. The average Bonchev–Trinajstić information content (AvgIpc) is 2.74. The van der Waals surface area contributed by atoms with Gasteiger partial charge >= 0.3 is 6.03 Å². The second kappa shape index (κ2) is 13.6. The molecule has 0 aliphatic heterocycles. The normalized spacial score (nSPS) is 11.3. The van der Waals surface area contributed by atoms with Crippen LogP contribution in [-0.2, 0) is 32.7 Å². The first-order valence-corrected chi connectivity index (χ1v) is 10.5. The van der Waals surface area contributed by atoms with Crippen LogP contribution < -0.4 is 15.6 Å². The zero-order valence-corrected chi connectivity index (χ0v) is 23.7. The molecule has 13 heteroatoms. The number of urea groups is 1. The number of hydrogen-bond acceptors (Lipinski definition) is 4. The molecule has 8 nitrogen and oxygen atoms in total. The molecule has 0 aliphatic rings. The van der Waals surface area contributed by atoms with E-state index in [1.54, 1.807) is 33.2 Å². The van der Waals surface area contributed by atoms with E-state index in [1.165, 1.54) is 29.4 Å². The number of nitrogens with one attached hydrogen (secondary N) is 2. The van der Waals surface area contributed by atoms with E-state index in [1.807, 2.05) is 0 Å². The summed E-state index contributed by atoms with van der Waals surface area (Å²) in [6.45, 7) is 5.23. The molecule has 2 rings (SSSR count). The van der Waals surface area contributed by atoms with Crippen LogP contribution in [0.3, 0.4) is 0 Å². The van der Waals surface area contributed by atoms with E-state index in [0.717, 1.165) is 4.90 Å². The Morgan fingerprint density at radius 1 is 1.21 bits per heavy atom. The number of pyridine rings is 1. The number of benzene rings is 1. The average molecular weight is 606 g/mol. The summed E-state index contributed by atoms with van der Waals surface area (Å²) in [4.78, 5) is 31.1. The van der Waals surface area contributed by atoms with Crippen molar-refractivity contribution in [1.82, 2.24) is 15.4 Å². The van der Waals surface area contributed by atoms with Crippen molar-refractivity contribution in [3.05, 3.63) is 80.0 Å². The van der Waals surface area contributed by atoms with Gasteiger partial charge in [-0.25, -0.2) is 14.7 Å². The zero-order chi connectivity index (χ0) is 24.0. The summed E-state index contributed by atoms with van der Waals surface area (Å²) in [7, 11) is 3.27. The van der Waals surface area contributed by atoms with Crippen molar-refractivity contribution >= 4 is 69.8 Å². The summed E-state index contributed by atoms with van der Waals surface area (Å²) in [5.74, 6) is -0.565. The first kappa shape index (κ1) is 29.8. The number of hydrogen-bond donors (Lipinski definition) is 2. The number of carbonyl (C=O) groups is 2. The van der Waals surface area contributed by atoms with Gasteiger partial charge in [0.05, 0.1) is 21.3 Å². The van der Waals surface area contributed by atoms with Crippen molar-refractivity contribution in [3.63, 3.8) is 0 Å². The summed E-state index contributed by atoms with van der Waals surface area (Å²) < 4.78 is 0. The molecule has 2 aromatic rings. The van der Waals surface area contributed by atoms with Crippen LogP contribution in [0.4, 0.5) is 16.3 Å². The van der Waals surface area contributed by atoms with Crippen LogP contribution in [0.15, 0.2) is 53.3 Å². The smallest absolute Gasteiger partial charge is 0.332 e. The van der Waals surface area contributed by atoms with Crippen LogP contribution in [0.2, 0.25) is 10.0 Å². The Morgan fingerprint density at radius 2 is 1.88 bits per heavy atom. The van der Waals surface area contributed by atoms with Gasteiger partial charge in [0.25, 0.3) is 0 Å². The van der Waals surface area contributed by atoms with Gasteiger partial charge in [-0.3, -0.25) is 4.79 Å². The third-order valence-electron chi connectivity index (χ3n) is 3.85. The number of allylic oxidation sites excluding steroid dienone is 2. The van der Waals surface area contributed by atoms with E-state index in [9.17, 15) is 9.59 Å². The molecular weight excluding hydrogens is 587 g/mol. The molecule has 0 aliphatic carbocycles. The van der Waals surface area contributed by atoms with Crippen LogP contribution in [-0.4, -0.2) is 36.0 Å². The predicted octanol–water partition coefficient (Wildman–Crippen LogP) is 6.06. The second-order valence-electron chi connectivity index (χ2n) is 6.45. The van der Waals surface area contributed by atoms with Crippen LogP contribution in [0, 0.1) is 6.92 Å². The summed E-state index contributed by atoms with van der Waals surface area (Å²) in [5, 5.41) is 4.30. The second-order valence-corrected chi connectivity index (χ2v) is 8.06. The third kappa shape index (κ3) is 7.90. The molecule has 1 aromatic carbocycles. The Kier molecular flexibility index (Phi) is 12.3. The molecule has 0 fully saturated rings. The monoisotopic (exact) mass is 604 g/mol. The Balaban J connectivity index is 0.00000544. The number of amides is 3. The van der Waals surface area contributed by atoms with E-state index in [-0.39, 0.29) is 65.0 Å². The molecule has 0 atom stereocenters. The van der Waals surface area contributed by atoms with Gasteiger partial charge in [-0.2, -0.15) is 0 Å². The fourth-order valence-corrected chi connectivity index (χ4v) is 3.27. The molecule has 1 radical (unpaired) electrons. The summed E-state index contributed by atoms with van der Waals surface area (Å²) in [6, 6.07) is 5.33. The van der Waals surface area contributed by atoms with Crippen molar-refractivity contribution in [1.29, 1.82) is 0 Å². The molecule has 1 aromatic heterocycles. The van der Waals surface area contributed by atoms with Crippen molar-refractivity contribution < 1.29 is 42.3 Å². The minimum atomic E-state index is -0.778. The predicted molar refractivity (Wildman–Crippen MR) is 130 cm³/mol. The Bertz CT molecular complexity index is 1080. The van der Waals surface area contributed by atoms with Crippen LogP contribution in [0.25, 0.3) is 5.53 Å². The van der Waals surface area contributed by atoms with Crippen molar-refractivity contribution in [2.45, 2.75) is 6.92 Å². The summed E-state index contributed by atoms with van der Waals surface area (Å²) in [6.07, 6.45) is 2.69. The molecule has 173 valence electrons. The van der Waals surface area contributed by atoms with Gasteiger partial charge in [0.2, 0.25) is 5.91 Å².